The number of hydrogen-bond donors (Lipinski definition) is 3. The van der Waals surface area contributed by atoms with Crippen LogP contribution in [0, 0.1) is 5.41 Å². The van der Waals surface area contributed by atoms with Gasteiger partial charge in [-0.05, 0) is 31.3 Å². The first-order valence-electron chi connectivity index (χ1n) is 6.27. The summed E-state index contributed by atoms with van der Waals surface area (Å²) in [5.41, 5.74) is 5.70. The largest absolute Gasteiger partial charge is 0.396 e. The minimum atomic E-state index is -0.417. The summed E-state index contributed by atoms with van der Waals surface area (Å²) >= 11 is 1.69. The van der Waals surface area contributed by atoms with Crippen LogP contribution in [0.25, 0.3) is 0 Å². The predicted molar refractivity (Wildman–Crippen MR) is 72.0 cm³/mol. The van der Waals surface area contributed by atoms with E-state index in [-0.39, 0.29) is 17.9 Å². The number of aliphatic hydroxyl groups excluding tert-OH is 1. The second-order valence-electron chi connectivity index (χ2n) is 4.97. The summed E-state index contributed by atoms with van der Waals surface area (Å²) in [5, 5.41) is 12.3. The quantitative estimate of drug-likeness (QED) is 0.631. The molecule has 0 unspecified atom stereocenters. The molecule has 0 saturated heterocycles. The molecule has 4 nitrogen and oxygen atoms in total. The Bertz CT molecular complexity index is 243. The summed E-state index contributed by atoms with van der Waals surface area (Å²) in [7, 11) is 0. The lowest BCUT2D eigenvalue weighted by molar-refractivity contribution is -0.123. The van der Waals surface area contributed by atoms with Crippen LogP contribution in [0.15, 0.2) is 0 Å². The van der Waals surface area contributed by atoms with E-state index in [1.807, 2.05) is 6.26 Å². The van der Waals surface area contributed by atoms with Gasteiger partial charge in [0.25, 0.3) is 0 Å². The third-order valence-corrected chi connectivity index (χ3v) is 4.25. The maximum absolute atomic E-state index is 11.7. The van der Waals surface area contributed by atoms with Gasteiger partial charge in [-0.25, -0.2) is 0 Å². The average Bonchev–Trinajstić information content (AvgIpc) is 2.82. The number of hydrogen-bond acceptors (Lipinski definition) is 4. The van der Waals surface area contributed by atoms with Crippen LogP contribution in [0.1, 0.15) is 32.1 Å². The van der Waals surface area contributed by atoms with Crippen LogP contribution in [0.5, 0.6) is 0 Å². The highest BCUT2D eigenvalue weighted by Crippen LogP contribution is 2.36. The van der Waals surface area contributed by atoms with E-state index in [2.05, 4.69) is 5.32 Å². The number of amides is 1. The maximum atomic E-state index is 11.7. The van der Waals surface area contributed by atoms with Crippen LogP contribution in [0.2, 0.25) is 0 Å². The van der Waals surface area contributed by atoms with Crippen LogP contribution in [0.4, 0.5) is 0 Å². The van der Waals surface area contributed by atoms with E-state index >= 15 is 0 Å². The Balaban J connectivity index is 2.31. The fraction of sp³-hybridized carbons (Fsp3) is 0.917. The number of carbonyl (C=O) groups is 1. The molecule has 0 aromatic heterocycles. The van der Waals surface area contributed by atoms with E-state index in [1.165, 1.54) is 0 Å². The standard InChI is InChI=1S/C12H24N2O2S/c1-17-7-4-10(13)11(16)14-8-12(9-15)5-2-3-6-12/h10,15H,2-9,13H2,1H3,(H,14,16)/t10-/m1/s1. The topological polar surface area (TPSA) is 75.4 Å². The first-order valence-corrected chi connectivity index (χ1v) is 7.66. The predicted octanol–water partition coefficient (Wildman–Crippen LogP) is 0.736. The van der Waals surface area contributed by atoms with Gasteiger partial charge in [0.1, 0.15) is 0 Å². The van der Waals surface area contributed by atoms with Crippen LogP contribution in [-0.2, 0) is 4.79 Å². The molecule has 1 fully saturated rings. The van der Waals surface area contributed by atoms with Crippen molar-refractivity contribution >= 4 is 17.7 Å². The van der Waals surface area contributed by atoms with Gasteiger partial charge < -0.3 is 16.2 Å². The number of aliphatic hydroxyl groups is 1. The fourth-order valence-electron chi connectivity index (χ4n) is 2.30. The minimum absolute atomic E-state index is 0.0845. The molecule has 0 spiro atoms. The van der Waals surface area contributed by atoms with Crippen molar-refractivity contribution in [1.29, 1.82) is 0 Å². The van der Waals surface area contributed by atoms with Crippen molar-refractivity contribution < 1.29 is 9.90 Å². The lowest BCUT2D eigenvalue weighted by atomic mass is 9.87. The lowest BCUT2D eigenvalue weighted by Gasteiger charge is -2.27. The molecule has 1 aliphatic carbocycles. The molecule has 0 aliphatic heterocycles. The van der Waals surface area contributed by atoms with Gasteiger partial charge in [0.05, 0.1) is 12.6 Å². The van der Waals surface area contributed by atoms with E-state index < -0.39 is 6.04 Å². The van der Waals surface area contributed by atoms with Gasteiger partial charge >= 0.3 is 0 Å². The Morgan fingerprint density at radius 1 is 1.53 bits per heavy atom. The zero-order valence-electron chi connectivity index (χ0n) is 10.6. The van der Waals surface area contributed by atoms with Crippen LogP contribution in [0.3, 0.4) is 0 Å². The summed E-state index contributed by atoms with van der Waals surface area (Å²) in [6.45, 7) is 0.725. The van der Waals surface area contributed by atoms with E-state index in [0.717, 1.165) is 31.4 Å². The molecule has 17 heavy (non-hydrogen) atoms. The Hall–Kier alpha value is -0.260. The van der Waals surface area contributed by atoms with Gasteiger partial charge in [-0.2, -0.15) is 11.8 Å². The molecular weight excluding hydrogens is 236 g/mol. The second kappa shape index (κ2) is 7.24. The van der Waals surface area contributed by atoms with Gasteiger partial charge in [0.15, 0.2) is 0 Å². The monoisotopic (exact) mass is 260 g/mol. The Kier molecular flexibility index (Phi) is 6.30. The highest BCUT2D eigenvalue weighted by molar-refractivity contribution is 7.98. The molecule has 0 aromatic carbocycles. The molecule has 1 rings (SSSR count). The summed E-state index contributed by atoms with van der Waals surface area (Å²) < 4.78 is 0. The summed E-state index contributed by atoms with van der Waals surface area (Å²) in [5.74, 6) is 0.818. The van der Waals surface area contributed by atoms with E-state index in [1.54, 1.807) is 11.8 Å². The van der Waals surface area contributed by atoms with Crippen molar-refractivity contribution in [3.63, 3.8) is 0 Å². The first kappa shape index (κ1) is 14.8. The number of rotatable bonds is 7. The molecule has 1 saturated carbocycles. The first-order chi connectivity index (χ1) is 8.13. The molecular formula is C12H24N2O2S. The molecule has 0 aromatic rings. The Labute approximate surface area is 108 Å². The third kappa shape index (κ3) is 4.48. The molecule has 0 radical (unpaired) electrons. The summed E-state index contributed by atoms with van der Waals surface area (Å²) in [4.78, 5) is 11.7. The number of nitrogens with two attached hydrogens (primary N) is 1. The summed E-state index contributed by atoms with van der Waals surface area (Å²) in [6, 6.07) is -0.417. The van der Waals surface area contributed by atoms with Gasteiger partial charge in [0, 0.05) is 12.0 Å². The highest BCUT2D eigenvalue weighted by atomic mass is 32.2. The normalized spacial score (nSPS) is 20.2. The Morgan fingerprint density at radius 3 is 2.71 bits per heavy atom. The van der Waals surface area contributed by atoms with Gasteiger partial charge in [-0.1, -0.05) is 12.8 Å². The van der Waals surface area contributed by atoms with Crippen molar-refractivity contribution in [2.24, 2.45) is 11.1 Å². The van der Waals surface area contributed by atoms with E-state index in [4.69, 9.17) is 5.73 Å². The molecule has 0 heterocycles. The maximum Gasteiger partial charge on any atom is 0.236 e. The zero-order chi connectivity index (χ0) is 12.7. The van der Waals surface area contributed by atoms with Crippen molar-refractivity contribution in [1.82, 2.24) is 5.32 Å². The SMILES string of the molecule is CSCC[C@@H](N)C(=O)NCC1(CO)CCCC1. The Morgan fingerprint density at radius 2 is 2.18 bits per heavy atom. The van der Waals surface area contributed by atoms with E-state index in [9.17, 15) is 9.90 Å². The van der Waals surface area contributed by atoms with Crippen LogP contribution >= 0.6 is 11.8 Å². The summed E-state index contributed by atoms with van der Waals surface area (Å²) in [6.07, 6.45) is 7.01. The van der Waals surface area contributed by atoms with Gasteiger partial charge in [-0.3, -0.25) is 4.79 Å². The third-order valence-electron chi connectivity index (χ3n) is 3.61. The molecule has 5 heteroatoms. The number of nitrogens with one attached hydrogen (secondary N) is 1. The van der Waals surface area contributed by atoms with Gasteiger partial charge in [0.2, 0.25) is 5.91 Å². The molecule has 1 atom stereocenters. The molecule has 0 bridgehead atoms. The molecule has 1 aliphatic rings. The molecule has 100 valence electrons. The van der Waals surface area contributed by atoms with Crippen molar-refractivity contribution in [3.8, 4) is 0 Å². The zero-order valence-corrected chi connectivity index (χ0v) is 11.4. The fourth-order valence-corrected chi connectivity index (χ4v) is 2.79. The second-order valence-corrected chi connectivity index (χ2v) is 5.96. The van der Waals surface area contributed by atoms with Crippen molar-refractivity contribution in [3.05, 3.63) is 0 Å². The average molecular weight is 260 g/mol. The van der Waals surface area contributed by atoms with Crippen LogP contribution in [-0.4, -0.2) is 42.2 Å². The molecule has 1 amide bonds. The van der Waals surface area contributed by atoms with Gasteiger partial charge in [-0.15, -0.1) is 0 Å². The lowest BCUT2D eigenvalue weighted by Crippen LogP contribution is -2.46. The van der Waals surface area contributed by atoms with E-state index in [0.29, 0.717) is 13.0 Å². The van der Waals surface area contributed by atoms with Crippen molar-refractivity contribution in [2.45, 2.75) is 38.1 Å². The smallest absolute Gasteiger partial charge is 0.236 e. The highest BCUT2D eigenvalue weighted by Gasteiger charge is 2.33. The van der Waals surface area contributed by atoms with Crippen molar-refractivity contribution in [2.75, 3.05) is 25.2 Å². The number of carbonyl (C=O) groups excluding carboxylic acids is 1. The minimum Gasteiger partial charge on any atom is -0.396 e. The van der Waals surface area contributed by atoms with Crippen LogP contribution < -0.4 is 11.1 Å². The molecule has 4 N–H and O–H groups in total. The number of thioether (sulfide) groups is 1.